The van der Waals surface area contributed by atoms with Gasteiger partial charge in [-0.1, -0.05) is 6.07 Å². The van der Waals surface area contributed by atoms with Crippen molar-refractivity contribution in [2.24, 2.45) is 5.73 Å². The summed E-state index contributed by atoms with van der Waals surface area (Å²) in [5, 5.41) is 10.2. The number of aliphatic hydroxyl groups excluding tert-OH is 1. The molecule has 0 radical (unpaired) electrons. The van der Waals surface area contributed by atoms with Crippen LogP contribution in [-0.4, -0.2) is 40.8 Å². The zero-order valence-corrected chi connectivity index (χ0v) is 13.5. The first-order chi connectivity index (χ1) is 10.3. The van der Waals surface area contributed by atoms with Gasteiger partial charge >= 0.3 is 5.97 Å². The van der Waals surface area contributed by atoms with Gasteiger partial charge in [0.2, 0.25) is 0 Å². The summed E-state index contributed by atoms with van der Waals surface area (Å²) in [7, 11) is 0. The molecule has 1 aromatic heterocycles. The number of carbonyl (C=O) groups is 1. The van der Waals surface area contributed by atoms with Gasteiger partial charge in [-0.3, -0.25) is 4.79 Å². The van der Waals surface area contributed by atoms with Crippen molar-refractivity contribution in [2.45, 2.75) is 51.4 Å². The molecule has 2 rings (SSSR count). The first-order valence-electron chi connectivity index (χ1n) is 7.65. The third-order valence-electron chi connectivity index (χ3n) is 3.56. The number of pyridine rings is 1. The number of esters is 1. The maximum absolute atomic E-state index is 11.9. The molecule has 0 aromatic carbocycles. The minimum absolute atomic E-state index is 0.515. The second-order valence-electron chi connectivity index (χ2n) is 6.65. The summed E-state index contributed by atoms with van der Waals surface area (Å²) in [4.78, 5) is 18.5. The van der Waals surface area contributed by atoms with Crippen LogP contribution in [0.4, 0.5) is 5.82 Å². The molecule has 0 amide bonds. The van der Waals surface area contributed by atoms with Gasteiger partial charge in [-0.05, 0) is 39.7 Å². The van der Waals surface area contributed by atoms with Crippen LogP contribution in [0.15, 0.2) is 18.3 Å². The molecule has 2 atom stereocenters. The van der Waals surface area contributed by atoms with Gasteiger partial charge in [-0.25, -0.2) is 4.98 Å². The lowest BCUT2D eigenvalue weighted by molar-refractivity contribution is -0.159. The molecule has 3 N–H and O–H groups in total. The molecule has 0 bridgehead atoms. The van der Waals surface area contributed by atoms with Crippen LogP contribution >= 0.6 is 0 Å². The van der Waals surface area contributed by atoms with Crippen LogP contribution in [0, 0.1) is 0 Å². The third-order valence-corrected chi connectivity index (χ3v) is 3.56. The van der Waals surface area contributed by atoms with Gasteiger partial charge in [-0.15, -0.1) is 0 Å². The Balaban J connectivity index is 2.02. The predicted octanol–water partition coefficient (Wildman–Crippen LogP) is 1.38. The van der Waals surface area contributed by atoms with Crippen LogP contribution < -0.4 is 10.6 Å². The number of nitrogens with zero attached hydrogens (tertiary/aromatic N) is 2. The SMILES string of the molecule is CC(C)(C)OC(=O)C(N)C(O)c1ccc(N2CCCC2)nc1. The van der Waals surface area contributed by atoms with Gasteiger partial charge in [0.1, 0.15) is 23.6 Å². The molecule has 122 valence electrons. The monoisotopic (exact) mass is 307 g/mol. The lowest BCUT2D eigenvalue weighted by Crippen LogP contribution is -2.41. The molecule has 22 heavy (non-hydrogen) atoms. The number of ether oxygens (including phenoxy) is 1. The van der Waals surface area contributed by atoms with Crippen molar-refractivity contribution in [3.63, 3.8) is 0 Å². The Hall–Kier alpha value is -1.66. The average Bonchev–Trinajstić information content (AvgIpc) is 2.98. The van der Waals surface area contributed by atoms with Crippen molar-refractivity contribution < 1.29 is 14.6 Å². The van der Waals surface area contributed by atoms with E-state index in [0.29, 0.717) is 5.56 Å². The molecule has 6 nitrogen and oxygen atoms in total. The van der Waals surface area contributed by atoms with Crippen molar-refractivity contribution in [2.75, 3.05) is 18.0 Å². The van der Waals surface area contributed by atoms with Crippen LogP contribution in [-0.2, 0) is 9.53 Å². The van der Waals surface area contributed by atoms with E-state index in [4.69, 9.17) is 10.5 Å². The number of nitrogens with two attached hydrogens (primary N) is 1. The lowest BCUT2D eigenvalue weighted by Gasteiger charge is -2.24. The summed E-state index contributed by atoms with van der Waals surface area (Å²) in [6.45, 7) is 7.29. The standard InChI is InChI=1S/C16H25N3O3/c1-16(2,3)22-15(21)13(17)14(20)11-6-7-12(18-10-11)19-8-4-5-9-19/h6-7,10,13-14,20H,4-5,8-9,17H2,1-3H3. The van der Waals surface area contributed by atoms with Crippen LogP contribution in [0.5, 0.6) is 0 Å². The first-order valence-corrected chi connectivity index (χ1v) is 7.65. The van der Waals surface area contributed by atoms with Crippen molar-refractivity contribution >= 4 is 11.8 Å². The Morgan fingerprint density at radius 1 is 1.36 bits per heavy atom. The molecule has 0 spiro atoms. The number of anilines is 1. The quantitative estimate of drug-likeness (QED) is 0.817. The second-order valence-corrected chi connectivity index (χ2v) is 6.65. The summed E-state index contributed by atoms with van der Waals surface area (Å²) in [6, 6.07) is 2.49. The van der Waals surface area contributed by atoms with Gasteiger partial charge in [0.25, 0.3) is 0 Å². The summed E-state index contributed by atoms with van der Waals surface area (Å²) in [6.07, 6.45) is 2.79. The Morgan fingerprint density at radius 2 is 2.00 bits per heavy atom. The van der Waals surface area contributed by atoms with Crippen molar-refractivity contribution in [1.82, 2.24) is 4.98 Å². The van der Waals surface area contributed by atoms with E-state index >= 15 is 0 Å². The number of rotatable bonds is 4. The fourth-order valence-electron chi connectivity index (χ4n) is 2.41. The molecule has 1 fully saturated rings. The number of carbonyl (C=O) groups excluding carboxylic acids is 1. The highest BCUT2D eigenvalue weighted by molar-refractivity contribution is 5.77. The van der Waals surface area contributed by atoms with Gasteiger partial charge in [0, 0.05) is 24.8 Å². The van der Waals surface area contributed by atoms with Gasteiger partial charge in [0.15, 0.2) is 0 Å². The first kappa shape index (κ1) is 16.7. The summed E-state index contributed by atoms with van der Waals surface area (Å²) in [5.74, 6) is 0.267. The normalized spacial score (nSPS) is 18.1. The average molecular weight is 307 g/mol. The maximum atomic E-state index is 11.9. The number of hydrogen-bond acceptors (Lipinski definition) is 6. The summed E-state index contributed by atoms with van der Waals surface area (Å²) in [5.41, 5.74) is 5.68. The smallest absolute Gasteiger partial charge is 0.326 e. The van der Waals surface area contributed by atoms with E-state index in [1.807, 2.05) is 6.07 Å². The molecular weight excluding hydrogens is 282 g/mol. The molecule has 1 aliphatic heterocycles. The van der Waals surface area contributed by atoms with Crippen LogP contribution in [0.1, 0.15) is 45.3 Å². The maximum Gasteiger partial charge on any atom is 0.326 e. The fraction of sp³-hybridized carbons (Fsp3) is 0.625. The highest BCUT2D eigenvalue weighted by Crippen LogP contribution is 2.22. The van der Waals surface area contributed by atoms with Gasteiger partial charge in [0.05, 0.1) is 0 Å². The third kappa shape index (κ3) is 4.18. The van der Waals surface area contributed by atoms with E-state index in [2.05, 4.69) is 9.88 Å². The van der Waals surface area contributed by atoms with E-state index in [0.717, 1.165) is 18.9 Å². The van der Waals surface area contributed by atoms with E-state index in [1.165, 1.54) is 12.8 Å². The molecule has 6 heteroatoms. The number of aromatic nitrogens is 1. The molecule has 1 aliphatic rings. The Labute approximate surface area is 131 Å². The van der Waals surface area contributed by atoms with Gasteiger partial charge in [-0.2, -0.15) is 0 Å². The number of hydrogen-bond donors (Lipinski definition) is 2. The zero-order valence-electron chi connectivity index (χ0n) is 13.5. The van der Waals surface area contributed by atoms with Crippen molar-refractivity contribution in [3.05, 3.63) is 23.9 Å². The highest BCUT2D eigenvalue weighted by Gasteiger charge is 2.29. The molecule has 1 saturated heterocycles. The Kier molecular flexibility index (Phi) is 5.03. The summed E-state index contributed by atoms with van der Waals surface area (Å²) < 4.78 is 5.19. The molecule has 2 heterocycles. The van der Waals surface area contributed by atoms with Crippen LogP contribution in [0.2, 0.25) is 0 Å². The molecule has 0 aliphatic carbocycles. The van der Waals surface area contributed by atoms with Crippen LogP contribution in [0.25, 0.3) is 0 Å². The van der Waals surface area contributed by atoms with E-state index in [1.54, 1.807) is 33.0 Å². The zero-order chi connectivity index (χ0) is 16.3. The predicted molar refractivity (Wildman–Crippen MR) is 84.5 cm³/mol. The van der Waals surface area contributed by atoms with Crippen molar-refractivity contribution in [3.8, 4) is 0 Å². The van der Waals surface area contributed by atoms with Gasteiger partial charge < -0.3 is 20.5 Å². The molecule has 1 aromatic rings. The Bertz CT molecular complexity index is 504. The van der Waals surface area contributed by atoms with Crippen LogP contribution in [0.3, 0.4) is 0 Å². The fourth-order valence-corrected chi connectivity index (χ4v) is 2.41. The minimum atomic E-state index is -1.13. The summed E-state index contributed by atoms with van der Waals surface area (Å²) >= 11 is 0. The van der Waals surface area contributed by atoms with E-state index < -0.39 is 23.7 Å². The second kappa shape index (κ2) is 6.62. The largest absolute Gasteiger partial charge is 0.459 e. The molecular formula is C16H25N3O3. The Morgan fingerprint density at radius 3 is 2.50 bits per heavy atom. The highest BCUT2D eigenvalue weighted by atomic mass is 16.6. The van der Waals surface area contributed by atoms with E-state index in [9.17, 15) is 9.90 Å². The van der Waals surface area contributed by atoms with Crippen molar-refractivity contribution in [1.29, 1.82) is 0 Å². The molecule has 2 unspecified atom stereocenters. The topological polar surface area (TPSA) is 88.7 Å². The minimum Gasteiger partial charge on any atom is -0.459 e. The van der Waals surface area contributed by atoms with E-state index in [-0.39, 0.29) is 0 Å². The lowest BCUT2D eigenvalue weighted by atomic mass is 10.0. The number of aliphatic hydroxyl groups is 1. The molecule has 0 saturated carbocycles.